The Morgan fingerprint density at radius 2 is 2.08 bits per heavy atom. The zero-order chi connectivity index (χ0) is 18.9. The smallest absolute Gasteiger partial charge is 0.310 e. The van der Waals surface area contributed by atoms with E-state index in [4.69, 9.17) is 9.47 Å². The first-order chi connectivity index (χ1) is 12.3. The Bertz CT molecular complexity index is 508. The number of fused-ring (bicyclic) bond motifs is 2. The van der Waals surface area contributed by atoms with Crippen LogP contribution in [0.2, 0.25) is 0 Å². The van der Waals surface area contributed by atoms with Crippen molar-refractivity contribution in [1.82, 2.24) is 4.90 Å². The van der Waals surface area contributed by atoms with Gasteiger partial charge in [0.05, 0.1) is 31.3 Å². The maximum Gasteiger partial charge on any atom is 0.310 e. The number of aliphatic hydroxyl groups excluding tert-OH is 1. The SMILES string of the molecule is CCOC(=O)[C@H]1CCCN(C[C@H](O)CO[C@@H]2C[C@@H]3CC[C@]2(C)C3(C)C)C1. The number of esters is 1. The molecule has 150 valence electrons. The minimum absolute atomic E-state index is 0.0536. The number of carbonyl (C=O) groups is 1. The van der Waals surface area contributed by atoms with Crippen LogP contribution in [0.1, 0.15) is 59.8 Å². The number of β-amino-alcohol motifs (C(OH)–C–C–N with tert-alkyl or cyclic N) is 1. The molecule has 0 unspecified atom stereocenters. The highest BCUT2D eigenvalue weighted by Gasteiger charge is 2.61. The third kappa shape index (κ3) is 3.67. The summed E-state index contributed by atoms with van der Waals surface area (Å²) >= 11 is 0. The maximum absolute atomic E-state index is 12.0. The first-order valence-electron chi connectivity index (χ1n) is 10.5. The minimum atomic E-state index is -0.498. The third-order valence-corrected chi connectivity index (χ3v) is 7.80. The number of nitrogens with zero attached hydrogens (tertiary/aromatic N) is 1. The predicted octanol–water partition coefficient (Wildman–Crippen LogP) is 2.85. The van der Waals surface area contributed by atoms with Crippen LogP contribution in [0.15, 0.2) is 0 Å². The normalized spacial score (nSPS) is 37.7. The Morgan fingerprint density at radius 1 is 1.31 bits per heavy atom. The highest BCUT2D eigenvalue weighted by Crippen LogP contribution is 2.66. The molecule has 5 nitrogen and oxygen atoms in total. The molecule has 1 saturated heterocycles. The molecule has 1 aliphatic heterocycles. The topological polar surface area (TPSA) is 59.0 Å². The summed E-state index contributed by atoms with van der Waals surface area (Å²) in [6.45, 7) is 12.0. The van der Waals surface area contributed by atoms with E-state index in [1.165, 1.54) is 12.8 Å². The zero-order valence-corrected chi connectivity index (χ0v) is 17.0. The van der Waals surface area contributed by atoms with Crippen LogP contribution >= 0.6 is 0 Å². The van der Waals surface area contributed by atoms with Gasteiger partial charge in [-0.1, -0.05) is 20.8 Å². The molecule has 0 amide bonds. The van der Waals surface area contributed by atoms with Crippen LogP contribution in [0.4, 0.5) is 0 Å². The molecule has 2 saturated carbocycles. The van der Waals surface area contributed by atoms with Gasteiger partial charge in [0.2, 0.25) is 0 Å². The van der Waals surface area contributed by atoms with Crippen molar-refractivity contribution in [1.29, 1.82) is 0 Å². The first kappa shape index (κ1) is 20.1. The molecule has 5 heteroatoms. The number of hydrogen-bond acceptors (Lipinski definition) is 5. The summed E-state index contributed by atoms with van der Waals surface area (Å²) in [4.78, 5) is 14.1. The van der Waals surface area contributed by atoms with Gasteiger partial charge in [-0.25, -0.2) is 0 Å². The molecule has 3 fully saturated rings. The second kappa shape index (κ2) is 7.76. The summed E-state index contributed by atoms with van der Waals surface area (Å²) in [7, 11) is 0. The first-order valence-corrected chi connectivity index (χ1v) is 10.5. The minimum Gasteiger partial charge on any atom is -0.466 e. The van der Waals surface area contributed by atoms with E-state index >= 15 is 0 Å². The van der Waals surface area contributed by atoms with Gasteiger partial charge in [-0.05, 0) is 62.3 Å². The van der Waals surface area contributed by atoms with E-state index in [9.17, 15) is 9.90 Å². The molecule has 3 aliphatic rings. The number of hydrogen-bond donors (Lipinski definition) is 1. The van der Waals surface area contributed by atoms with Crippen LogP contribution < -0.4 is 0 Å². The lowest BCUT2D eigenvalue weighted by molar-refractivity contribution is -0.150. The van der Waals surface area contributed by atoms with Gasteiger partial charge in [-0.2, -0.15) is 0 Å². The largest absolute Gasteiger partial charge is 0.466 e. The highest BCUT2D eigenvalue weighted by molar-refractivity contribution is 5.72. The lowest BCUT2D eigenvalue weighted by Gasteiger charge is -2.39. The molecule has 5 atom stereocenters. The summed E-state index contributed by atoms with van der Waals surface area (Å²) in [5.74, 6) is 0.601. The van der Waals surface area contributed by atoms with Gasteiger partial charge in [0.15, 0.2) is 0 Å². The Kier molecular flexibility index (Phi) is 6.00. The van der Waals surface area contributed by atoms with Crippen LogP contribution in [-0.2, 0) is 14.3 Å². The number of likely N-dealkylation sites (tertiary alicyclic amines) is 1. The summed E-state index contributed by atoms with van der Waals surface area (Å²) < 4.78 is 11.4. The van der Waals surface area contributed by atoms with Gasteiger partial charge in [0, 0.05) is 13.1 Å². The van der Waals surface area contributed by atoms with E-state index in [1.807, 2.05) is 6.92 Å². The van der Waals surface area contributed by atoms with Crippen LogP contribution in [-0.4, -0.2) is 61.0 Å². The molecule has 0 aromatic rings. The Morgan fingerprint density at radius 3 is 2.69 bits per heavy atom. The van der Waals surface area contributed by atoms with E-state index < -0.39 is 6.10 Å². The fraction of sp³-hybridized carbons (Fsp3) is 0.952. The number of aliphatic hydroxyl groups is 1. The van der Waals surface area contributed by atoms with Crippen molar-refractivity contribution >= 4 is 5.97 Å². The standard InChI is InChI=1S/C21H37NO4/c1-5-25-19(24)15-7-6-10-22(12-15)13-17(23)14-26-18-11-16-8-9-21(18,4)20(16,2)3/h15-18,23H,5-14H2,1-4H3/t15-,16-,17-,18+,21-/m0/s1. The molecule has 2 bridgehead atoms. The molecular weight excluding hydrogens is 330 g/mol. The van der Waals surface area contributed by atoms with E-state index in [2.05, 4.69) is 25.7 Å². The average molecular weight is 368 g/mol. The van der Waals surface area contributed by atoms with Crippen molar-refractivity contribution in [2.24, 2.45) is 22.7 Å². The van der Waals surface area contributed by atoms with E-state index in [0.717, 1.165) is 31.7 Å². The lowest BCUT2D eigenvalue weighted by atomic mass is 9.70. The summed E-state index contributed by atoms with van der Waals surface area (Å²) in [6.07, 6.45) is 5.31. The molecular formula is C21H37NO4. The summed E-state index contributed by atoms with van der Waals surface area (Å²) in [5.41, 5.74) is 0.569. The van der Waals surface area contributed by atoms with E-state index in [0.29, 0.717) is 31.7 Å². The van der Waals surface area contributed by atoms with Crippen molar-refractivity contribution in [2.75, 3.05) is 32.8 Å². The van der Waals surface area contributed by atoms with Gasteiger partial charge in [0.25, 0.3) is 0 Å². The fourth-order valence-corrected chi connectivity index (χ4v) is 5.63. The van der Waals surface area contributed by atoms with Crippen LogP contribution in [0, 0.1) is 22.7 Å². The van der Waals surface area contributed by atoms with Crippen LogP contribution in [0.3, 0.4) is 0 Å². The van der Waals surface area contributed by atoms with Crippen molar-refractivity contribution < 1.29 is 19.4 Å². The quantitative estimate of drug-likeness (QED) is 0.701. The molecule has 0 spiro atoms. The third-order valence-electron chi connectivity index (χ3n) is 7.80. The number of carbonyl (C=O) groups excluding carboxylic acids is 1. The van der Waals surface area contributed by atoms with Gasteiger partial charge >= 0.3 is 5.97 Å². The molecule has 1 N–H and O–H groups in total. The number of ether oxygens (including phenoxy) is 2. The van der Waals surface area contributed by atoms with E-state index in [1.54, 1.807) is 0 Å². The Balaban J connectivity index is 1.45. The highest BCUT2D eigenvalue weighted by atomic mass is 16.5. The second-order valence-corrected chi connectivity index (χ2v) is 9.44. The Hall–Kier alpha value is -0.650. The van der Waals surface area contributed by atoms with Crippen LogP contribution in [0.5, 0.6) is 0 Å². The summed E-state index contributed by atoms with van der Waals surface area (Å²) in [6, 6.07) is 0. The molecule has 1 heterocycles. The van der Waals surface area contributed by atoms with Gasteiger partial charge in [-0.15, -0.1) is 0 Å². The number of piperidine rings is 1. The van der Waals surface area contributed by atoms with Crippen molar-refractivity contribution in [2.45, 2.75) is 72.0 Å². The second-order valence-electron chi connectivity index (χ2n) is 9.44. The Labute approximate surface area is 158 Å². The monoisotopic (exact) mass is 367 g/mol. The van der Waals surface area contributed by atoms with Crippen molar-refractivity contribution in [3.8, 4) is 0 Å². The molecule has 3 rings (SSSR count). The van der Waals surface area contributed by atoms with Crippen LogP contribution in [0.25, 0.3) is 0 Å². The van der Waals surface area contributed by atoms with Crippen molar-refractivity contribution in [3.63, 3.8) is 0 Å². The molecule has 2 aliphatic carbocycles. The summed E-state index contributed by atoms with van der Waals surface area (Å²) in [5, 5.41) is 10.5. The predicted molar refractivity (Wildman–Crippen MR) is 101 cm³/mol. The molecule has 26 heavy (non-hydrogen) atoms. The van der Waals surface area contributed by atoms with E-state index in [-0.39, 0.29) is 23.4 Å². The zero-order valence-electron chi connectivity index (χ0n) is 17.0. The van der Waals surface area contributed by atoms with Gasteiger partial charge < -0.3 is 14.6 Å². The maximum atomic E-state index is 12.0. The van der Waals surface area contributed by atoms with Crippen molar-refractivity contribution in [3.05, 3.63) is 0 Å². The number of rotatable bonds is 7. The van der Waals surface area contributed by atoms with Gasteiger partial charge in [-0.3, -0.25) is 9.69 Å². The lowest BCUT2D eigenvalue weighted by Crippen LogP contribution is -2.45. The van der Waals surface area contributed by atoms with Gasteiger partial charge in [0.1, 0.15) is 0 Å². The molecule has 0 aromatic carbocycles. The fourth-order valence-electron chi connectivity index (χ4n) is 5.63. The molecule has 0 radical (unpaired) electrons. The average Bonchev–Trinajstić information content (AvgIpc) is 2.93. The molecule has 0 aromatic heterocycles.